The Kier molecular flexibility index (Phi) is 3.60. The van der Waals surface area contributed by atoms with Gasteiger partial charge in [-0.1, -0.05) is 0 Å². The lowest BCUT2D eigenvalue weighted by Gasteiger charge is -2.19. The molecule has 1 aromatic heterocycles. The molecule has 1 heterocycles. The van der Waals surface area contributed by atoms with Crippen LogP contribution in [-0.4, -0.2) is 21.7 Å². The number of carbonyl (C=O) groups is 1. The molecule has 0 aliphatic rings. The van der Waals surface area contributed by atoms with Crippen LogP contribution in [0.4, 0.5) is 4.79 Å². The Morgan fingerprint density at radius 2 is 2.00 bits per heavy atom. The van der Waals surface area contributed by atoms with Crippen LogP contribution in [0.2, 0.25) is 0 Å². The molecule has 0 fully saturated rings. The molecule has 0 aliphatic carbocycles. The maximum absolute atomic E-state index is 11.3. The van der Waals surface area contributed by atoms with Crippen molar-refractivity contribution >= 4 is 6.09 Å². The molecule has 0 radical (unpaired) electrons. The largest absolute Gasteiger partial charge is 0.444 e. The van der Waals surface area contributed by atoms with Crippen molar-refractivity contribution in [3.05, 3.63) is 24.3 Å². The molecule has 0 spiro atoms. The van der Waals surface area contributed by atoms with Gasteiger partial charge in [-0.3, -0.25) is 0 Å². The van der Waals surface area contributed by atoms with Gasteiger partial charge in [0, 0.05) is 24.5 Å². The fourth-order valence-electron chi connectivity index (χ4n) is 0.910. The minimum atomic E-state index is -0.475. The highest BCUT2D eigenvalue weighted by Crippen LogP contribution is 2.06. The van der Waals surface area contributed by atoms with E-state index < -0.39 is 11.7 Å². The summed E-state index contributed by atoms with van der Waals surface area (Å²) >= 11 is 0. The average Bonchev–Trinajstić information content (AvgIpc) is 2.14. The standard InChI is InChI=1S/C10H15N3O2/c1-10(2,3)15-9(14)13-6-8-4-11-7-12-5-8/h4-5,7H,6H2,1-3H3,(H,13,14). The minimum Gasteiger partial charge on any atom is -0.444 e. The van der Waals surface area contributed by atoms with Crippen molar-refractivity contribution in [3.63, 3.8) is 0 Å². The second-order valence-corrected chi connectivity index (χ2v) is 4.10. The Bertz CT molecular complexity index is 319. The Balaban J connectivity index is 2.35. The molecule has 0 saturated heterocycles. The van der Waals surface area contributed by atoms with Gasteiger partial charge in [0.2, 0.25) is 0 Å². The second kappa shape index (κ2) is 4.72. The molecule has 5 heteroatoms. The van der Waals surface area contributed by atoms with Gasteiger partial charge in [0.1, 0.15) is 11.9 Å². The second-order valence-electron chi connectivity index (χ2n) is 4.10. The van der Waals surface area contributed by atoms with E-state index >= 15 is 0 Å². The topological polar surface area (TPSA) is 64.1 Å². The molecule has 0 bridgehead atoms. The van der Waals surface area contributed by atoms with Crippen molar-refractivity contribution in [2.24, 2.45) is 0 Å². The molecule has 1 rings (SSSR count). The quantitative estimate of drug-likeness (QED) is 0.801. The summed E-state index contributed by atoms with van der Waals surface area (Å²) in [5.41, 5.74) is 0.362. The van der Waals surface area contributed by atoms with Crippen molar-refractivity contribution in [1.29, 1.82) is 0 Å². The van der Waals surface area contributed by atoms with Crippen LogP contribution in [0.25, 0.3) is 0 Å². The summed E-state index contributed by atoms with van der Waals surface area (Å²) in [5, 5.41) is 2.61. The summed E-state index contributed by atoms with van der Waals surface area (Å²) < 4.78 is 5.07. The van der Waals surface area contributed by atoms with Crippen LogP contribution in [0, 0.1) is 0 Å². The zero-order valence-corrected chi connectivity index (χ0v) is 9.15. The molecule has 0 saturated carbocycles. The lowest BCUT2D eigenvalue weighted by Crippen LogP contribution is -2.32. The predicted molar refractivity (Wildman–Crippen MR) is 55.1 cm³/mol. The molecule has 1 N–H and O–H groups in total. The van der Waals surface area contributed by atoms with Crippen LogP contribution in [0.15, 0.2) is 18.7 Å². The molecule has 15 heavy (non-hydrogen) atoms. The Labute approximate surface area is 88.9 Å². The molecule has 0 unspecified atom stereocenters. The van der Waals surface area contributed by atoms with Gasteiger partial charge in [0.25, 0.3) is 0 Å². The lowest BCUT2D eigenvalue weighted by molar-refractivity contribution is 0.0523. The molecular formula is C10H15N3O2. The highest BCUT2D eigenvalue weighted by molar-refractivity contribution is 5.67. The van der Waals surface area contributed by atoms with Gasteiger partial charge < -0.3 is 10.1 Å². The van der Waals surface area contributed by atoms with E-state index in [-0.39, 0.29) is 0 Å². The molecular weight excluding hydrogens is 194 g/mol. The van der Waals surface area contributed by atoms with Gasteiger partial charge in [-0.2, -0.15) is 0 Å². The van der Waals surface area contributed by atoms with E-state index in [0.29, 0.717) is 6.54 Å². The van der Waals surface area contributed by atoms with E-state index in [4.69, 9.17) is 4.74 Å². The third kappa shape index (κ3) is 4.95. The van der Waals surface area contributed by atoms with Crippen molar-refractivity contribution in [2.75, 3.05) is 0 Å². The first-order valence-corrected chi connectivity index (χ1v) is 4.68. The number of nitrogens with zero attached hydrogens (tertiary/aromatic N) is 2. The Morgan fingerprint density at radius 1 is 1.40 bits per heavy atom. The summed E-state index contributed by atoms with van der Waals surface area (Å²) in [6.07, 6.45) is 4.29. The zero-order chi connectivity index (χ0) is 11.3. The molecule has 0 aromatic carbocycles. The fraction of sp³-hybridized carbons (Fsp3) is 0.500. The van der Waals surface area contributed by atoms with Crippen molar-refractivity contribution < 1.29 is 9.53 Å². The van der Waals surface area contributed by atoms with E-state index in [9.17, 15) is 4.79 Å². The maximum atomic E-state index is 11.3. The van der Waals surface area contributed by atoms with Gasteiger partial charge >= 0.3 is 6.09 Å². The predicted octanol–water partition coefficient (Wildman–Crippen LogP) is 1.50. The van der Waals surface area contributed by atoms with Crippen molar-refractivity contribution in [1.82, 2.24) is 15.3 Å². The highest BCUT2D eigenvalue weighted by Gasteiger charge is 2.15. The minimum absolute atomic E-state index is 0.371. The van der Waals surface area contributed by atoms with Gasteiger partial charge in [-0.25, -0.2) is 14.8 Å². The Hall–Kier alpha value is -1.65. The number of hydrogen-bond acceptors (Lipinski definition) is 4. The number of hydrogen-bond donors (Lipinski definition) is 1. The smallest absolute Gasteiger partial charge is 0.407 e. The first-order chi connectivity index (χ1) is 6.97. The highest BCUT2D eigenvalue weighted by atomic mass is 16.6. The number of alkyl carbamates (subject to hydrolysis) is 1. The maximum Gasteiger partial charge on any atom is 0.407 e. The molecule has 0 atom stereocenters. The number of nitrogens with one attached hydrogen (secondary N) is 1. The van der Waals surface area contributed by atoms with E-state index in [1.807, 2.05) is 20.8 Å². The summed E-state index contributed by atoms with van der Waals surface area (Å²) in [5.74, 6) is 0. The monoisotopic (exact) mass is 209 g/mol. The summed E-state index contributed by atoms with van der Waals surface area (Å²) in [4.78, 5) is 18.9. The first-order valence-electron chi connectivity index (χ1n) is 4.68. The average molecular weight is 209 g/mol. The van der Waals surface area contributed by atoms with E-state index in [0.717, 1.165) is 5.56 Å². The number of rotatable bonds is 2. The van der Waals surface area contributed by atoms with Crippen LogP contribution in [0.1, 0.15) is 26.3 Å². The van der Waals surface area contributed by atoms with E-state index in [1.165, 1.54) is 6.33 Å². The molecule has 0 aliphatic heterocycles. The number of aromatic nitrogens is 2. The number of amides is 1. The fourth-order valence-corrected chi connectivity index (χ4v) is 0.910. The third-order valence-electron chi connectivity index (χ3n) is 1.45. The molecule has 82 valence electrons. The van der Waals surface area contributed by atoms with Crippen molar-refractivity contribution in [3.8, 4) is 0 Å². The SMILES string of the molecule is CC(C)(C)OC(=O)NCc1cncnc1. The van der Waals surface area contributed by atoms with E-state index in [2.05, 4.69) is 15.3 Å². The number of ether oxygens (including phenoxy) is 1. The van der Waals surface area contributed by atoms with E-state index in [1.54, 1.807) is 12.4 Å². The summed E-state index contributed by atoms with van der Waals surface area (Å²) in [6, 6.07) is 0. The van der Waals surface area contributed by atoms with Crippen LogP contribution in [0.3, 0.4) is 0 Å². The van der Waals surface area contributed by atoms with Gasteiger partial charge in [0.05, 0.1) is 0 Å². The number of carbonyl (C=O) groups excluding carboxylic acids is 1. The molecule has 1 aromatic rings. The molecule has 1 amide bonds. The van der Waals surface area contributed by atoms with Crippen molar-refractivity contribution in [2.45, 2.75) is 32.9 Å². The lowest BCUT2D eigenvalue weighted by atomic mass is 10.2. The molecule has 5 nitrogen and oxygen atoms in total. The Morgan fingerprint density at radius 3 is 2.53 bits per heavy atom. The van der Waals surface area contributed by atoms with Crippen LogP contribution in [-0.2, 0) is 11.3 Å². The first kappa shape index (κ1) is 11.4. The zero-order valence-electron chi connectivity index (χ0n) is 9.15. The van der Waals surface area contributed by atoms with Gasteiger partial charge in [-0.05, 0) is 20.8 Å². The third-order valence-corrected chi connectivity index (χ3v) is 1.45. The summed E-state index contributed by atoms with van der Waals surface area (Å²) in [6.45, 7) is 5.82. The normalized spacial score (nSPS) is 10.9. The van der Waals surface area contributed by atoms with Crippen LogP contribution < -0.4 is 5.32 Å². The van der Waals surface area contributed by atoms with Gasteiger partial charge in [-0.15, -0.1) is 0 Å². The summed E-state index contributed by atoms with van der Waals surface area (Å²) in [7, 11) is 0. The van der Waals surface area contributed by atoms with Gasteiger partial charge in [0.15, 0.2) is 0 Å². The van der Waals surface area contributed by atoms with Crippen LogP contribution >= 0.6 is 0 Å². The van der Waals surface area contributed by atoms with Crippen LogP contribution in [0.5, 0.6) is 0 Å².